The molecule has 2 N–H and O–H groups in total. The fourth-order valence-corrected chi connectivity index (χ4v) is 2.72. The van der Waals surface area contributed by atoms with Gasteiger partial charge in [-0.2, -0.15) is 0 Å². The summed E-state index contributed by atoms with van der Waals surface area (Å²) in [5, 5.41) is 0.635. The molecule has 1 aromatic carbocycles. The van der Waals surface area contributed by atoms with Crippen molar-refractivity contribution in [1.29, 1.82) is 0 Å². The SMILES string of the molecule is NC1CCC(C(=O)c2cc3cc(F)ccc3o2)CC1. The second kappa shape index (κ2) is 4.78. The van der Waals surface area contributed by atoms with Crippen molar-refractivity contribution in [1.82, 2.24) is 0 Å². The van der Waals surface area contributed by atoms with Crippen LogP contribution in [0.5, 0.6) is 0 Å². The maximum atomic E-state index is 13.1. The van der Waals surface area contributed by atoms with Crippen molar-refractivity contribution in [2.24, 2.45) is 11.7 Å². The molecule has 0 bridgehead atoms. The Labute approximate surface area is 110 Å². The average Bonchev–Trinajstić information content (AvgIpc) is 2.81. The lowest BCUT2D eigenvalue weighted by atomic mass is 9.83. The van der Waals surface area contributed by atoms with Crippen LogP contribution >= 0.6 is 0 Å². The van der Waals surface area contributed by atoms with Gasteiger partial charge >= 0.3 is 0 Å². The number of carbonyl (C=O) groups excluding carboxylic acids is 1. The van der Waals surface area contributed by atoms with Crippen molar-refractivity contribution in [2.75, 3.05) is 0 Å². The average molecular weight is 261 g/mol. The number of furan rings is 1. The largest absolute Gasteiger partial charge is 0.453 e. The van der Waals surface area contributed by atoms with E-state index in [4.69, 9.17) is 10.2 Å². The number of hydrogen-bond acceptors (Lipinski definition) is 3. The minimum Gasteiger partial charge on any atom is -0.453 e. The van der Waals surface area contributed by atoms with Gasteiger partial charge in [0.1, 0.15) is 11.4 Å². The van der Waals surface area contributed by atoms with E-state index in [0.29, 0.717) is 16.7 Å². The predicted molar refractivity (Wildman–Crippen MR) is 70.4 cm³/mol. The molecular weight excluding hydrogens is 245 g/mol. The molecule has 0 radical (unpaired) electrons. The van der Waals surface area contributed by atoms with E-state index < -0.39 is 0 Å². The van der Waals surface area contributed by atoms with Gasteiger partial charge in [0.2, 0.25) is 5.78 Å². The predicted octanol–water partition coefficient (Wildman–Crippen LogP) is 3.27. The molecular formula is C15H16FNO2. The van der Waals surface area contributed by atoms with E-state index in [1.807, 2.05) is 0 Å². The first-order chi connectivity index (χ1) is 9.13. The fraction of sp³-hybridized carbons (Fsp3) is 0.400. The van der Waals surface area contributed by atoms with Crippen LogP contribution in [-0.2, 0) is 0 Å². The zero-order chi connectivity index (χ0) is 13.4. The highest BCUT2D eigenvalue weighted by atomic mass is 19.1. The summed E-state index contributed by atoms with van der Waals surface area (Å²) in [6.07, 6.45) is 3.38. The first-order valence-corrected chi connectivity index (χ1v) is 6.62. The van der Waals surface area contributed by atoms with Gasteiger partial charge in [-0.05, 0) is 49.9 Å². The molecule has 3 nitrogen and oxygen atoms in total. The van der Waals surface area contributed by atoms with Crippen molar-refractivity contribution >= 4 is 16.8 Å². The van der Waals surface area contributed by atoms with Gasteiger partial charge in [0.25, 0.3) is 0 Å². The number of rotatable bonds is 2. The number of halogens is 1. The van der Waals surface area contributed by atoms with E-state index in [2.05, 4.69) is 0 Å². The lowest BCUT2D eigenvalue weighted by Crippen LogP contribution is -2.29. The van der Waals surface area contributed by atoms with Crippen LogP contribution in [0, 0.1) is 11.7 Å². The quantitative estimate of drug-likeness (QED) is 0.844. The van der Waals surface area contributed by atoms with Crippen LogP contribution in [0.1, 0.15) is 36.2 Å². The molecule has 0 spiro atoms. The monoisotopic (exact) mass is 261 g/mol. The molecule has 1 fully saturated rings. The molecule has 4 heteroatoms. The van der Waals surface area contributed by atoms with Crippen LogP contribution in [0.25, 0.3) is 11.0 Å². The van der Waals surface area contributed by atoms with Gasteiger partial charge in [-0.25, -0.2) is 4.39 Å². The summed E-state index contributed by atoms with van der Waals surface area (Å²) in [6.45, 7) is 0. The van der Waals surface area contributed by atoms with Crippen LogP contribution < -0.4 is 5.73 Å². The van der Waals surface area contributed by atoms with E-state index in [0.717, 1.165) is 25.7 Å². The Morgan fingerprint density at radius 2 is 1.95 bits per heavy atom. The second-order valence-corrected chi connectivity index (χ2v) is 5.27. The van der Waals surface area contributed by atoms with E-state index in [1.54, 1.807) is 12.1 Å². The fourth-order valence-electron chi connectivity index (χ4n) is 2.72. The summed E-state index contributed by atoms with van der Waals surface area (Å²) < 4.78 is 18.6. The third-order valence-electron chi connectivity index (χ3n) is 3.86. The third-order valence-corrected chi connectivity index (χ3v) is 3.86. The number of hydrogen-bond donors (Lipinski definition) is 1. The highest BCUT2D eigenvalue weighted by molar-refractivity contribution is 5.99. The first-order valence-electron chi connectivity index (χ1n) is 6.62. The van der Waals surface area contributed by atoms with Crippen LogP contribution in [0.3, 0.4) is 0 Å². The van der Waals surface area contributed by atoms with E-state index in [1.165, 1.54) is 12.1 Å². The van der Waals surface area contributed by atoms with Gasteiger partial charge in [-0.15, -0.1) is 0 Å². The molecule has 0 amide bonds. The third kappa shape index (κ3) is 2.40. The number of fused-ring (bicyclic) bond motifs is 1. The van der Waals surface area contributed by atoms with Crippen molar-refractivity contribution in [3.8, 4) is 0 Å². The molecule has 1 aliphatic rings. The maximum absolute atomic E-state index is 13.1. The molecule has 1 aromatic heterocycles. The summed E-state index contributed by atoms with van der Waals surface area (Å²) in [5.74, 6) is 0.0192. The molecule has 0 atom stereocenters. The van der Waals surface area contributed by atoms with Gasteiger partial charge in [0.15, 0.2) is 5.76 Å². The molecule has 0 saturated heterocycles. The molecule has 2 aromatic rings. The number of nitrogens with two attached hydrogens (primary N) is 1. The van der Waals surface area contributed by atoms with Crippen LogP contribution in [-0.4, -0.2) is 11.8 Å². The van der Waals surface area contributed by atoms with Crippen LogP contribution in [0.2, 0.25) is 0 Å². The molecule has 19 heavy (non-hydrogen) atoms. The summed E-state index contributed by atoms with van der Waals surface area (Å²) >= 11 is 0. The van der Waals surface area contributed by atoms with Gasteiger partial charge in [0.05, 0.1) is 0 Å². The molecule has 0 unspecified atom stereocenters. The lowest BCUT2D eigenvalue weighted by Gasteiger charge is -2.24. The topological polar surface area (TPSA) is 56.2 Å². The zero-order valence-corrected chi connectivity index (χ0v) is 10.6. The zero-order valence-electron chi connectivity index (χ0n) is 10.6. The number of Topliss-reactive ketones (excluding diaryl/α,β-unsaturated/α-hetero) is 1. The Morgan fingerprint density at radius 3 is 2.68 bits per heavy atom. The minimum atomic E-state index is -0.323. The molecule has 1 heterocycles. The van der Waals surface area contributed by atoms with Gasteiger partial charge in [-0.3, -0.25) is 4.79 Å². The summed E-state index contributed by atoms with van der Waals surface area (Å²) in [5.41, 5.74) is 6.39. The lowest BCUT2D eigenvalue weighted by molar-refractivity contribution is 0.0858. The Balaban J connectivity index is 1.85. The van der Waals surface area contributed by atoms with Crippen molar-refractivity contribution in [3.05, 3.63) is 35.8 Å². The standard InChI is InChI=1S/C15H16FNO2/c16-11-3-6-13-10(7-11)8-14(19-13)15(18)9-1-4-12(17)5-2-9/h3,6-9,12H,1-2,4-5,17H2. The summed E-state index contributed by atoms with van der Waals surface area (Å²) in [4.78, 5) is 12.3. The Kier molecular flexibility index (Phi) is 3.11. The smallest absolute Gasteiger partial charge is 0.201 e. The second-order valence-electron chi connectivity index (χ2n) is 5.27. The molecule has 1 saturated carbocycles. The van der Waals surface area contributed by atoms with Crippen molar-refractivity contribution < 1.29 is 13.6 Å². The normalized spacial score (nSPS) is 23.7. The van der Waals surface area contributed by atoms with Crippen LogP contribution in [0.4, 0.5) is 4.39 Å². The van der Waals surface area contributed by atoms with Gasteiger partial charge < -0.3 is 10.2 Å². The highest BCUT2D eigenvalue weighted by Gasteiger charge is 2.27. The Bertz CT molecular complexity index is 612. The van der Waals surface area contributed by atoms with Gasteiger partial charge in [-0.1, -0.05) is 0 Å². The molecule has 3 rings (SSSR count). The molecule has 100 valence electrons. The summed E-state index contributed by atoms with van der Waals surface area (Å²) in [7, 11) is 0. The number of ketones is 1. The van der Waals surface area contributed by atoms with E-state index >= 15 is 0 Å². The number of benzene rings is 1. The molecule has 1 aliphatic carbocycles. The van der Waals surface area contributed by atoms with Crippen molar-refractivity contribution in [2.45, 2.75) is 31.7 Å². The minimum absolute atomic E-state index is 0.00907. The molecule has 0 aliphatic heterocycles. The Hall–Kier alpha value is -1.68. The van der Waals surface area contributed by atoms with E-state index in [-0.39, 0.29) is 23.6 Å². The van der Waals surface area contributed by atoms with Gasteiger partial charge in [0, 0.05) is 17.3 Å². The van der Waals surface area contributed by atoms with E-state index in [9.17, 15) is 9.18 Å². The maximum Gasteiger partial charge on any atom is 0.201 e. The highest BCUT2D eigenvalue weighted by Crippen LogP contribution is 2.29. The summed E-state index contributed by atoms with van der Waals surface area (Å²) in [6, 6.07) is 6.12. The number of carbonyl (C=O) groups is 1. The van der Waals surface area contributed by atoms with Crippen LogP contribution in [0.15, 0.2) is 28.7 Å². The first kappa shape index (κ1) is 12.4. The Morgan fingerprint density at radius 1 is 1.21 bits per heavy atom. The van der Waals surface area contributed by atoms with Crippen molar-refractivity contribution in [3.63, 3.8) is 0 Å².